The number of hydrogen-bond donors (Lipinski definition) is 0. The molecule has 3 heteroatoms. The van der Waals surface area contributed by atoms with Gasteiger partial charge < -0.3 is 4.52 Å². The largest absolute Gasteiger partial charge is 0.355 e. The monoisotopic (exact) mass is 142 g/mol. The average Bonchev–Trinajstić information content (AvgIpc) is 1.37. The molecule has 1 unspecified atom stereocenters. The van der Waals surface area contributed by atoms with Gasteiger partial charge in [-0.05, 0) is 0 Å². The zero-order chi connectivity index (χ0) is 3.41. The van der Waals surface area contributed by atoms with Crippen LogP contribution in [0.15, 0.2) is 0 Å². The molecule has 0 aliphatic rings. The number of hydrogen-bond acceptors (Lipinski definition) is 1. The maximum atomic E-state index is 4.38. The molecule has 1 atom stereocenters. The summed E-state index contributed by atoms with van der Waals surface area (Å²) in [4.78, 5) is 0. The molecule has 1 nitrogen and oxygen atoms in total. The summed E-state index contributed by atoms with van der Waals surface area (Å²) in [6.07, 6.45) is 0. The highest BCUT2D eigenvalue weighted by Gasteiger charge is 1.54. The van der Waals surface area contributed by atoms with E-state index < -0.39 is 0 Å². The van der Waals surface area contributed by atoms with E-state index in [0.717, 1.165) is 0 Å². The predicted octanol–water partition coefficient (Wildman–Crippen LogP) is 1.15. The van der Waals surface area contributed by atoms with Crippen LogP contribution in [0.5, 0.6) is 0 Å². The van der Waals surface area contributed by atoms with E-state index in [1.165, 1.54) is 0 Å². The van der Waals surface area contributed by atoms with E-state index in [1.807, 2.05) is 0 Å². The molecule has 0 saturated heterocycles. The highest BCUT2D eigenvalue weighted by Crippen LogP contribution is 1.86. The van der Waals surface area contributed by atoms with Gasteiger partial charge in [-0.2, -0.15) is 0 Å². The van der Waals surface area contributed by atoms with E-state index in [-0.39, 0.29) is 0 Å². The van der Waals surface area contributed by atoms with Crippen LogP contribution in [0.1, 0.15) is 0 Å². The van der Waals surface area contributed by atoms with Crippen LogP contribution in [0.4, 0.5) is 0 Å². The normalized spacial score (nSPS) is 7.50. The number of halogens is 1. The Morgan fingerprint density at radius 1 is 2.00 bits per heavy atom. The van der Waals surface area contributed by atoms with Gasteiger partial charge in [-0.3, -0.25) is 0 Å². The summed E-state index contributed by atoms with van der Waals surface area (Å²) < 4.78 is 4.38. The summed E-state index contributed by atoms with van der Waals surface area (Å²) in [5.74, 6) is 0. The molecule has 0 aromatic carbocycles. The zero-order valence-electron chi connectivity index (χ0n) is 2.07. The maximum absolute atomic E-state index is 4.38. The molecule has 0 aromatic heterocycles. The Labute approximate surface area is 36.1 Å². The Morgan fingerprint density at radius 3 is 2.25 bits per heavy atom. The van der Waals surface area contributed by atoms with Gasteiger partial charge in [0.1, 0.15) is 5.52 Å². The van der Waals surface area contributed by atoms with Crippen LogP contribution in [0, 0.1) is 0 Å². The van der Waals surface area contributed by atoms with Crippen LogP contribution in [0.3, 0.4) is 0 Å². The first-order valence-electron chi connectivity index (χ1n) is 0.792. The Balaban J connectivity index is 1.97. The van der Waals surface area contributed by atoms with Crippen LogP contribution in [0.25, 0.3) is 0 Å². The average molecular weight is 143 g/mol. The number of rotatable bonds is 1. The van der Waals surface area contributed by atoms with E-state index in [9.17, 15) is 0 Å². The van der Waals surface area contributed by atoms with Gasteiger partial charge in [-0.25, -0.2) is 0 Å². The van der Waals surface area contributed by atoms with E-state index in [4.69, 9.17) is 0 Å². The van der Waals surface area contributed by atoms with Crippen molar-refractivity contribution in [3.63, 3.8) is 0 Å². The Hall–Kier alpha value is 0.870. The summed E-state index contributed by atoms with van der Waals surface area (Å²) in [6, 6.07) is 0. The fraction of sp³-hybridized carbons (Fsp3) is 1.00. The molecule has 0 N–H and O–H groups in total. The van der Waals surface area contributed by atoms with Gasteiger partial charge in [0.15, 0.2) is 0 Å². The lowest BCUT2D eigenvalue weighted by atomic mass is 11.8. The smallest absolute Gasteiger partial charge is 0.105 e. The summed E-state index contributed by atoms with van der Waals surface area (Å²) in [6.45, 7) is 0. The first-order chi connectivity index (χ1) is 1.91. The maximum Gasteiger partial charge on any atom is 0.105 e. The molecule has 0 bridgehead atoms. The van der Waals surface area contributed by atoms with Crippen LogP contribution < -0.4 is 0 Å². The minimum Gasteiger partial charge on any atom is -0.355 e. The van der Waals surface area contributed by atoms with Gasteiger partial charge in [0.25, 0.3) is 0 Å². The molecular weight excluding hydrogens is 139 g/mol. The lowest BCUT2D eigenvalue weighted by Gasteiger charge is -1.73. The van der Waals surface area contributed by atoms with Gasteiger partial charge in [0.2, 0.25) is 0 Å². The second kappa shape index (κ2) is 3.87. The van der Waals surface area contributed by atoms with Crippen LogP contribution in [-0.2, 0) is 4.52 Å². The molecule has 0 heterocycles. The van der Waals surface area contributed by atoms with E-state index in [0.29, 0.717) is 5.52 Å². The second-order valence-electron chi connectivity index (χ2n) is 0.276. The van der Waals surface area contributed by atoms with E-state index in [1.54, 1.807) is 0 Å². The van der Waals surface area contributed by atoms with Gasteiger partial charge in [0, 0.05) is 9.47 Å². The molecule has 0 aromatic rings. The zero-order valence-corrected chi connectivity index (χ0v) is 4.81. The second-order valence-corrected chi connectivity index (χ2v) is 1.07. The van der Waals surface area contributed by atoms with Crippen molar-refractivity contribution in [1.82, 2.24) is 0 Å². The Kier molecular flexibility index (Phi) is 4.71. The molecule has 0 aliphatic carbocycles. The highest BCUT2D eigenvalue weighted by molar-refractivity contribution is 9.09. The van der Waals surface area contributed by atoms with Crippen molar-refractivity contribution in [2.24, 2.45) is 0 Å². The summed E-state index contributed by atoms with van der Waals surface area (Å²) in [5, 5.41) is 0. The lowest BCUT2D eigenvalue weighted by Crippen LogP contribution is -1.55. The van der Waals surface area contributed by atoms with E-state index >= 15 is 0 Å². The highest BCUT2D eigenvalue weighted by atomic mass is 79.9. The fourth-order valence-corrected chi connectivity index (χ4v) is 0. The molecule has 0 amide bonds. The van der Waals surface area contributed by atoms with Gasteiger partial charge >= 0.3 is 0 Å². The van der Waals surface area contributed by atoms with Gasteiger partial charge in [0.05, 0.1) is 0 Å². The van der Waals surface area contributed by atoms with Crippen LogP contribution >= 0.6 is 25.4 Å². The minimum atomic E-state index is 0.595. The van der Waals surface area contributed by atoms with Crippen LogP contribution in [0.2, 0.25) is 0 Å². The third-order valence-electron chi connectivity index (χ3n) is 0.0630. The van der Waals surface area contributed by atoms with Crippen molar-refractivity contribution < 1.29 is 4.52 Å². The Bertz CT molecular complexity index is 10.0. The summed E-state index contributed by atoms with van der Waals surface area (Å²) >= 11 is 3.01. The molecule has 0 saturated carbocycles. The first-order valence-corrected chi connectivity index (χ1v) is 2.38. The van der Waals surface area contributed by atoms with Crippen molar-refractivity contribution in [1.29, 1.82) is 0 Å². The third-order valence-corrected chi connectivity index (χ3v) is 0.982. The minimum absolute atomic E-state index is 0.595. The van der Waals surface area contributed by atoms with Crippen molar-refractivity contribution >= 4 is 25.4 Å². The molecule has 0 rings (SSSR count). The molecule has 0 spiro atoms. The van der Waals surface area contributed by atoms with Gasteiger partial charge in [-0.15, -0.1) is 0 Å². The van der Waals surface area contributed by atoms with E-state index in [2.05, 4.69) is 29.9 Å². The first kappa shape index (κ1) is 4.87. The predicted molar refractivity (Wildman–Crippen MR) is 24.6 cm³/mol. The van der Waals surface area contributed by atoms with Crippen molar-refractivity contribution in [2.45, 2.75) is 0 Å². The molecule has 0 radical (unpaired) electrons. The number of alkyl halides is 1. The van der Waals surface area contributed by atoms with Crippen molar-refractivity contribution in [3.05, 3.63) is 0 Å². The molecule has 26 valence electrons. The molecule has 0 aliphatic heterocycles. The lowest BCUT2D eigenvalue weighted by molar-refractivity contribution is 0.469. The topological polar surface area (TPSA) is 9.23 Å². The Morgan fingerprint density at radius 2 is 2.25 bits per heavy atom. The fourth-order valence-electron chi connectivity index (χ4n) is 0. The SMILES string of the molecule is POCBr. The van der Waals surface area contributed by atoms with Crippen molar-refractivity contribution in [3.8, 4) is 0 Å². The molecule has 4 heavy (non-hydrogen) atoms. The standard InChI is InChI=1S/CH4BrOP/c2-1-3-4/h1,4H2. The van der Waals surface area contributed by atoms with Crippen molar-refractivity contribution in [2.75, 3.05) is 5.52 Å². The summed E-state index contributed by atoms with van der Waals surface area (Å²) in [5.41, 5.74) is 0.595. The third kappa shape index (κ3) is 2.87. The quantitative estimate of drug-likeness (QED) is 0.395. The molecule has 0 fully saturated rings. The molecular formula is CH4BrOP. The van der Waals surface area contributed by atoms with Gasteiger partial charge in [-0.1, -0.05) is 15.9 Å². The summed E-state index contributed by atoms with van der Waals surface area (Å²) in [7, 11) is 2.11. The van der Waals surface area contributed by atoms with Crippen LogP contribution in [-0.4, -0.2) is 5.52 Å².